The van der Waals surface area contributed by atoms with Crippen LogP contribution in [-0.2, 0) is 20.9 Å². The van der Waals surface area contributed by atoms with Crippen molar-refractivity contribution < 1.29 is 19.1 Å². The van der Waals surface area contributed by atoms with Crippen molar-refractivity contribution in [3.05, 3.63) is 66.1 Å². The van der Waals surface area contributed by atoms with E-state index in [1.165, 1.54) is 12.0 Å². The zero-order chi connectivity index (χ0) is 21.3. The number of nitrogens with zero attached hydrogens (tertiary/aromatic N) is 3. The second-order valence-corrected chi connectivity index (χ2v) is 6.85. The van der Waals surface area contributed by atoms with E-state index in [1.807, 2.05) is 30.7 Å². The van der Waals surface area contributed by atoms with E-state index in [2.05, 4.69) is 28.3 Å². The van der Waals surface area contributed by atoms with Gasteiger partial charge < -0.3 is 10.1 Å². The van der Waals surface area contributed by atoms with E-state index in [-0.39, 0.29) is 29.9 Å². The first-order chi connectivity index (χ1) is 13.8. The van der Waals surface area contributed by atoms with Crippen molar-refractivity contribution in [3.8, 4) is 11.3 Å². The Morgan fingerprint density at radius 1 is 1.21 bits per heavy atom. The van der Waals surface area contributed by atoms with Gasteiger partial charge in [0.1, 0.15) is 11.4 Å². The molecule has 0 atom stereocenters. The molecule has 0 aliphatic carbocycles. The van der Waals surface area contributed by atoms with Crippen molar-refractivity contribution in [1.82, 2.24) is 20.0 Å². The molecule has 1 aromatic carbocycles. The molecule has 1 aromatic heterocycles. The number of amides is 2. The first-order valence-corrected chi connectivity index (χ1v) is 9.01. The van der Waals surface area contributed by atoms with E-state index in [0.717, 1.165) is 16.8 Å². The van der Waals surface area contributed by atoms with E-state index in [0.29, 0.717) is 5.56 Å². The molecule has 0 saturated heterocycles. The van der Waals surface area contributed by atoms with Gasteiger partial charge in [-0.1, -0.05) is 25.3 Å². The molecule has 2 aromatic rings. The molecular formula is C21H22N4O4. The number of esters is 1. The number of carbonyl (C=O) groups is 3. The second-order valence-electron chi connectivity index (χ2n) is 6.85. The highest BCUT2D eigenvalue weighted by molar-refractivity contribution is 6.07. The van der Waals surface area contributed by atoms with Crippen LogP contribution in [0.25, 0.3) is 11.3 Å². The zero-order valence-corrected chi connectivity index (χ0v) is 16.6. The van der Waals surface area contributed by atoms with Gasteiger partial charge in [-0.3, -0.25) is 19.2 Å². The Balaban J connectivity index is 1.89. The highest BCUT2D eigenvalue weighted by Gasteiger charge is 2.34. The molecule has 1 aliphatic heterocycles. The zero-order valence-electron chi connectivity index (χ0n) is 16.6. The van der Waals surface area contributed by atoms with Crippen molar-refractivity contribution in [2.45, 2.75) is 26.4 Å². The van der Waals surface area contributed by atoms with Crippen molar-refractivity contribution in [3.63, 3.8) is 0 Å². The summed E-state index contributed by atoms with van der Waals surface area (Å²) in [6, 6.07) is 7.48. The lowest BCUT2D eigenvalue weighted by Gasteiger charge is -2.18. The van der Waals surface area contributed by atoms with Crippen LogP contribution in [0.5, 0.6) is 0 Å². The molecule has 1 N–H and O–H groups in total. The summed E-state index contributed by atoms with van der Waals surface area (Å²) in [6.07, 6.45) is 1.72. The topological polar surface area (TPSA) is 93.5 Å². The van der Waals surface area contributed by atoms with Gasteiger partial charge in [-0.15, -0.1) is 0 Å². The molecule has 0 bridgehead atoms. The van der Waals surface area contributed by atoms with E-state index in [9.17, 15) is 14.4 Å². The van der Waals surface area contributed by atoms with Gasteiger partial charge in [0.25, 0.3) is 11.8 Å². The molecule has 0 fully saturated rings. The van der Waals surface area contributed by atoms with E-state index < -0.39 is 11.9 Å². The fraction of sp³-hybridized carbons (Fsp3) is 0.238. The summed E-state index contributed by atoms with van der Waals surface area (Å²) >= 11 is 0. The van der Waals surface area contributed by atoms with Crippen molar-refractivity contribution in [2.75, 3.05) is 7.11 Å². The third-order valence-corrected chi connectivity index (χ3v) is 4.69. The highest BCUT2D eigenvalue weighted by atomic mass is 16.5. The van der Waals surface area contributed by atoms with Crippen molar-refractivity contribution in [2.24, 2.45) is 0 Å². The molecule has 8 nitrogen and oxygen atoms in total. The molecule has 3 rings (SSSR count). The number of aromatic nitrogens is 2. The maximum atomic E-state index is 12.9. The Hall–Kier alpha value is -3.68. The molecular weight excluding hydrogens is 372 g/mol. The normalized spacial score (nSPS) is 12.7. The standard InChI is InChI=1S/C21H22N4O4/c1-12(2)25-18(9-10-22-25)15-7-6-8-16-17(15)11-24(20(16)27)14(4)19(26)23-13(3)21(28)29-5/h6-10,12H,3-4,11H2,1-2,5H3,(H,23,26). The van der Waals surface area contributed by atoms with Crippen molar-refractivity contribution >= 4 is 17.8 Å². The predicted octanol–water partition coefficient (Wildman–Crippen LogP) is 2.40. The van der Waals surface area contributed by atoms with Gasteiger partial charge in [-0.2, -0.15) is 5.10 Å². The highest BCUT2D eigenvalue weighted by Crippen LogP contribution is 2.34. The van der Waals surface area contributed by atoms with Crippen LogP contribution in [0.15, 0.2) is 55.0 Å². The smallest absolute Gasteiger partial charge is 0.353 e. The van der Waals surface area contributed by atoms with E-state index in [4.69, 9.17) is 0 Å². The number of ether oxygens (including phenoxy) is 1. The quantitative estimate of drug-likeness (QED) is 0.600. The number of carbonyl (C=O) groups excluding carboxylic acids is 3. The number of benzene rings is 1. The summed E-state index contributed by atoms with van der Waals surface area (Å²) in [4.78, 5) is 38.1. The molecule has 0 saturated carbocycles. The van der Waals surface area contributed by atoms with Crippen LogP contribution < -0.4 is 5.32 Å². The number of hydrogen-bond donors (Lipinski definition) is 1. The van der Waals surface area contributed by atoms with Gasteiger partial charge in [-0.05, 0) is 31.5 Å². The predicted molar refractivity (Wildman–Crippen MR) is 106 cm³/mol. The third-order valence-electron chi connectivity index (χ3n) is 4.69. The van der Waals surface area contributed by atoms with Crippen LogP contribution in [0.4, 0.5) is 0 Å². The summed E-state index contributed by atoms with van der Waals surface area (Å²) in [5.74, 6) is -1.80. The summed E-state index contributed by atoms with van der Waals surface area (Å²) in [6.45, 7) is 11.4. The Morgan fingerprint density at radius 3 is 2.55 bits per heavy atom. The number of fused-ring (bicyclic) bond motifs is 1. The number of hydrogen-bond acceptors (Lipinski definition) is 5. The fourth-order valence-corrected chi connectivity index (χ4v) is 3.24. The lowest BCUT2D eigenvalue weighted by atomic mass is 10.0. The minimum Gasteiger partial charge on any atom is -0.464 e. The van der Waals surface area contributed by atoms with E-state index >= 15 is 0 Å². The molecule has 0 unspecified atom stereocenters. The SMILES string of the molecule is C=C(NC(=O)C(=C)N1Cc2c(cccc2-c2ccnn2C(C)C)C1=O)C(=O)OC. The molecule has 1 aliphatic rings. The first kappa shape index (κ1) is 20.1. The van der Waals surface area contributed by atoms with Gasteiger partial charge in [0.15, 0.2) is 0 Å². The van der Waals surface area contributed by atoms with Crippen LogP contribution >= 0.6 is 0 Å². The van der Waals surface area contributed by atoms with Crippen LogP contribution in [-0.4, -0.2) is 39.6 Å². The minimum absolute atomic E-state index is 0.0837. The van der Waals surface area contributed by atoms with Crippen LogP contribution in [0.1, 0.15) is 35.8 Å². The van der Waals surface area contributed by atoms with Crippen molar-refractivity contribution in [1.29, 1.82) is 0 Å². The molecule has 2 heterocycles. The number of methoxy groups -OCH3 is 1. The Morgan fingerprint density at radius 2 is 1.90 bits per heavy atom. The third kappa shape index (κ3) is 3.56. The second kappa shape index (κ2) is 7.75. The van der Waals surface area contributed by atoms with Gasteiger partial charge in [-0.25, -0.2) is 4.79 Å². The van der Waals surface area contributed by atoms with Gasteiger partial charge in [0.2, 0.25) is 0 Å². The Kier molecular flexibility index (Phi) is 5.36. The average Bonchev–Trinajstić information content (AvgIpc) is 3.31. The maximum Gasteiger partial charge on any atom is 0.353 e. The summed E-state index contributed by atoms with van der Waals surface area (Å²) in [5, 5.41) is 6.66. The van der Waals surface area contributed by atoms with Gasteiger partial charge in [0, 0.05) is 23.4 Å². The summed E-state index contributed by atoms with van der Waals surface area (Å²) < 4.78 is 6.39. The number of rotatable bonds is 6. The summed E-state index contributed by atoms with van der Waals surface area (Å²) in [5.41, 5.74) is 2.74. The van der Waals surface area contributed by atoms with Crippen LogP contribution in [0.3, 0.4) is 0 Å². The average molecular weight is 394 g/mol. The first-order valence-electron chi connectivity index (χ1n) is 9.01. The summed E-state index contributed by atoms with van der Waals surface area (Å²) in [7, 11) is 1.18. The molecule has 2 amide bonds. The minimum atomic E-state index is -0.772. The lowest BCUT2D eigenvalue weighted by molar-refractivity contribution is -0.137. The Labute approximate surface area is 168 Å². The lowest BCUT2D eigenvalue weighted by Crippen LogP contribution is -2.36. The molecule has 0 radical (unpaired) electrons. The van der Waals surface area contributed by atoms with Crippen LogP contribution in [0, 0.1) is 0 Å². The molecule has 0 spiro atoms. The molecule has 150 valence electrons. The Bertz CT molecular complexity index is 1040. The van der Waals surface area contributed by atoms with E-state index in [1.54, 1.807) is 18.3 Å². The molecule has 29 heavy (non-hydrogen) atoms. The maximum absolute atomic E-state index is 12.9. The monoisotopic (exact) mass is 394 g/mol. The van der Waals surface area contributed by atoms with Crippen LogP contribution in [0.2, 0.25) is 0 Å². The number of nitrogens with one attached hydrogen (secondary N) is 1. The fourth-order valence-electron chi connectivity index (χ4n) is 3.24. The van der Waals surface area contributed by atoms with Gasteiger partial charge >= 0.3 is 5.97 Å². The van der Waals surface area contributed by atoms with Gasteiger partial charge in [0.05, 0.1) is 19.3 Å². The molecule has 8 heteroatoms. The largest absolute Gasteiger partial charge is 0.464 e.